The van der Waals surface area contributed by atoms with E-state index in [2.05, 4.69) is 22.4 Å². The van der Waals surface area contributed by atoms with E-state index in [0.29, 0.717) is 41.8 Å². The van der Waals surface area contributed by atoms with Crippen LogP contribution in [0.15, 0.2) is 42.7 Å². The normalized spacial score (nSPS) is 24.4. The molecule has 0 spiro atoms. The third-order valence-corrected chi connectivity index (χ3v) is 10.8. The predicted molar refractivity (Wildman–Crippen MR) is 172 cm³/mol. The molecular formula is C36H38F2N6O2. The van der Waals surface area contributed by atoms with E-state index < -0.39 is 23.6 Å². The Kier molecular flexibility index (Phi) is 7.20. The zero-order chi connectivity index (χ0) is 31.6. The molecule has 8 rings (SSSR count). The summed E-state index contributed by atoms with van der Waals surface area (Å²) < 4.78 is 37.0. The number of halogens is 2. The van der Waals surface area contributed by atoms with Crippen LogP contribution in [-0.4, -0.2) is 84.1 Å². The highest BCUT2D eigenvalue weighted by Crippen LogP contribution is 2.59. The summed E-state index contributed by atoms with van der Waals surface area (Å²) in [4.78, 5) is 31.4. The number of piperazine rings is 1. The lowest BCUT2D eigenvalue weighted by molar-refractivity contribution is -0.131. The molecule has 0 unspecified atom stereocenters. The van der Waals surface area contributed by atoms with Crippen LogP contribution < -0.4 is 9.64 Å². The highest BCUT2D eigenvalue weighted by molar-refractivity contribution is 5.95. The van der Waals surface area contributed by atoms with Crippen LogP contribution in [0.1, 0.15) is 49.1 Å². The second-order valence-electron chi connectivity index (χ2n) is 14.0. The van der Waals surface area contributed by atoms with Crippen LogP contribution in [0, 0.1) is 23.7 Å². The first-order chi connectivity index (χ1) is 22.3. The van der Waals surface area contributed by atoms with Gasteiger partial charge in [0.05, 0.1) is 6.61 Å². The zero-order valence-corrected chi connectivity index (χ0v) is 26.0. The van der Waals surface area contributed by atoms with Gasteiger partial charge in [-0.2, -0.15) is 9.97 Å². The maximum Gasteiger partial charge on any atom is 0.319 e. The maximum absolute atomic E-state index is 16.8. The van der Waals surface area contributed by atoms with Gasteiger partial charge in [0, 0.05) is 42.5 Å². The summed E-state index contributed by atoms with van der Waals surface area (Å²) in [6, 6.07) is 9.46. The molecule has 1 aromatic heterocycles. The summed E-state index contributed by atoms with van der Waals surface area (Å²) in [6.45, 7) is 15.1. The van der Waals surface area contributed by atoms with Gasteiger partial charge in [0.1, 0.15) is 17.4 Å². The van der Waals surface area contributed by atoms with Crippen molar-refractivity contribution in [3.05, 3.63) is 71.1 Å². The monoisotopic (exact) mass is 624 g/mol. The molecule has 3 aliphatic carbocycles. The van der Waals surface area contributed by atoms with Gasteiger partial charge in [-0.1, -0.05) is 30.8 Å². The van der Waals surface area contributed by atoms with Crippen LogP contribution in [0.25, 0.3) is 26.9 Å². The lowest BCUT2D eigenvalue weighted by Gasteiger charge is -2.39. The predicted octanol–water partition coefficient (Wildman–Crippen LogP) is 5.77. The van der Waals surface area contributed by atoms with E-state index in [9.17, 15) is 9.18 Å². The van der Waals surface area contributed by atoms with Gasteiger partial charge in [0.25, 0.3) is 5.91 Å². The van der Waals surface area contributed by atoms with Gasteiger partial charge in [-0.25, -0.2) is 15.4 Å². The van der Waals surface area contributed by atoms with Crippen LogP contribution in [0.5, 0.6) is 6.01 Å². The van der Waals surface area contributed by atoms with Crippen LogP contribution in [0.4, 0.5) is 14.6 Å². The number of ether oxygens (including phenoxy) is 1. The summed E-state index contributed by atoms with van der Waals surface area (Å²) in [5, 5.41) is 0.542. The van der Waals surface area contributed by atoms with Crippen LogP contribution in [0.3, 0.4) is 0 Å². The fraction of sp³-hybridized carbons (Fsp3) is 0.500. The molecule has 2 aliphatic heterocycles. The SMILES string of the molecule is [C-]#[N+]C[C@H]1CN(c2nc(OCC3(CN4CCCC4)CC3)nc3c(F)c(-c4cccc5c4[C@H]4C[C@H]4C5)ccc23)CCN1C(=O)C(=C)F. The first-order valence-corrected chi connectivity index (χ1v) is 16.6. The van der Waals surface area contributed by atoms with E-state index in [-0.39, 0.29) is 36.6 Å². The third kappa shape index (κ3) is 5.19. The number of amides is 1. The minimum Gasteiger partial charge on any atom is -0.463 e. The molecule has 0 bridgehead atoms. The summed E-state index contributed by atoms with van der Waals surface area (Å²) in [6.07, 6.45) is 6.85. The average molecular weight is 625 g/mol. The van der Waals surface area contributed by atoms with Gasteiger partial charge in [-0.3, -0.25) is 4.79 Å². The number of rotatable bonds is 9. The zero-order valence-electron chi connectivity index (χ0n) is 26.0. The van der Waals surface area contributed by atoms with Crippen LogP contribution in [0.2, 0.25) is 0 Å². The fourth-order valence-corrected chi connectivity index (χ4v) is 8.10. The summed E-state index contributed by atoms with van der Waals surface area (Å²) in [7, 11) is 0. The Labute approximate surface area is 267 Å². The molecule has 5 aliphatic rings. The number of anilines is 1. The van der Waals surface area contributed by atoms with E-state index in [1.54, 1.807) is 0 Å². The number of hydrogen-bond donors (Lipinski definition) is 0. The molecule has 46 heavy (non-hydrogen) atoms. The number of aromatic nitrogens is 2. The first kappa shape index (κ1) is 29.3. The minimum absolute atomic E-state index is 0.000695. The van der Waals surface area contributed by atoms with Crippen molar-refractivity contribution in [2.45, 2.75) is 50.5 Å². The quantitative estimate of drug-likeness (QED) is 0.223. The highest BCUT2D eigenvalue weighted by Gasteiger charge is 2.47. The smallest absolute Gasteiger partial charge is 0.319 e. The average Bonchev–Trinajstić information content (AvgIpc) is 3.90. The Hall–Kier alpha value is -4.10. The van der Waals surface area contributed by atoms with Crippen molar-refractivity contribution < 1.29 is 18.3 Å². The Bertz CT molecular complexity index is 1780. The number of hydrogen-bond acceptors (Lipinski definition) is 6. The summed E-state index contributed by atoms with van der Waals surface area (Å²) in [5.41, 5.74) is 4.31. The van der Waals surface area contributed by atoms with Gasteiger partial charge < -0.3 is 24.3 Å². The van der Waals surface area contributed by atoms with Gasteiger partial charge in [0.15, 0.2) is 11.6 Å². The van der Waals surface area contributed by atoms with Crippen molar-refractivity contribution in [3.63, 3.8) is 0 Å². The van der Waals surface area contributed by atoms with Crippen LogP contribution in [-0.2, 0) is 11.2 Å². The molecule has 2 saturated carbocycles. The van der Waals surface area contributed by atoms with Gasteiger partial charge in [-0.15, -0.1) is 0 Å². The lowest BCUT2D eigenvalue weighted by Crippen LogP contribution is -2.56. The molecule has 3 heterocycles. The number of nitrogens with zero attached hydrogens (tertiary/aromatic N) is 6. The molecular weight excluding hydrogens is 586 g/mol. The molecule has 0 radical (unpaired) electrons. The summed E-state index contributed by atoms with van der Waals surface area (Å²) >= 11 is 0. The Morgan fingerprint density at radius 1 is 1.11 bits per heavy atom. The molecule has 3 atom stereocenters. The number of fused-ring (bicyclic) bond motifs is 4. The Morgan fingerprint density at radius 3 is 2.70 bits per heavy atom. The van der Waals surface area contributed by atoms with E-state index >= 15 is 4.39 Å². The highest BCUT2D eigenvalue weighted by atomic mass is 19.1. The van der Waals surface area contributed by atoms with Crippen molar-refractivity contribution in [1.82, 2.24) is 19.8 Å². The van der Waals surface area contributed by atoms with E-state index in [4.69, 9.17) is 21.3 Å². The van der Waals surface area contributed by atoms with Gasteiger partial charge in [-0.05, 0) is 86.2 Å². The van der Waals surface area contributed by atoms with Crippen molar-refractivity contribution in [2.24, 2.45) is 11.3 Å². The van der Waals surface area contributed by atoms with E-state index in [0.717, 1.165) is 44.5 Å². The number of carbonyl (C=O) groups is 1. The molecule has 4 fully saturated rings. The molecule has 2 saturated heterocycles. The first-order valence-electron chi connectivity index (χ1n) is 16.6. The largest absolute Gasteiger partial charge is 0.463 e. The molecule has 2 aromatic carbocycles. The molecule has 3 aromatic rings. The van der Waals surface area contributed by atoms with Crippen molar-refractivity contribution >= 4 is 22.6 Å². The minimum atomic E-state index is -1.05. The standard InChI is InChI=1S/C36H38F2N6O2/c1-22(37)34(45)44-15-14-43(19-25(44)18-39-2)33-28-9-8-27(26-7-5-6-23-16-24-17-29(24)30(23)26)31(38)32(28)40-35(41-33)46-21-36(10-11-36)20-42-12-3-4-13-42/h5-9,24-25,29H,1,3-4,10-21H2/t24-,25+,29+/m1/s1. The third-order valence-electron chi connectivity index (χ3n) is 10.8. The number of benzene rings is 2. The fourth-order valence-electron chi connectivity index (χ4n) is 8.10. The number of likely N-dealkylation sites (tertiary alicyclic amines) is 1. The molecule has 10 heteroatoms. The Balaban J connectivity index is 1.17. The molecule has 238 valence electrons. The van der Waals surface area contributed by atoms with Gasteiger partial charge >= 0.3 is 6.01 Å². The number of carbonyl (C=O) groups excluding carboxylic acids is 1. The molecule has 8 nitrogen and oxygen atoms in total. The van der Waals surface area contributed by atoms with Gasteiger partial charge in [0.2, 0.25) is 6.54 Å². The van der Waals surface area contributed by atoms with E-state index in [1.807, 2.05) is 29.2 Å². The van der Waals surface area contributed by atoms with Crippen molar-refractivity contribution in [1.29, 1.82) is 0 Å². The maximum atomic E-state index is 16.8. The second-order valence-corrected chi connectivity index (χ2v) is 14.0. The van der Waals surface area contributed by atoms with Crippen molar-refractivity contribution in [2.75, 3.05) is 57.3 Å². The summed E-state index contributed by atoms with van der Waals surface area (Å²) in [5.74, 6) is -0.577. The second kappa shape index (κ2) is 11.3. The topological polar surface area (TPSA) is 66.2 Å². The Morgan fingerprint density at radius 2 is 1.93 bits per heavy atom. The van der Waals surface area contributed by atoms with E-state index in [1.165, 1.54) is 35.3 Å². The van der Waals surface area contributed by atoms with Crippen LogP contribution >= 0.6 is 0 Å². The molecule has 0 N–H and O–H groups in total. The van der Waals surface area contributed by atoms with Crippen molar-refractivity contribution in [3.8, 4) is 17.1 Å². The lowest BCUT2D eigenvalue weighted by atomic mass is 9.93. The molecule has 1 amide bonds.